The molecule has 0 aliphatic carbocycles. The van der Waals surface area contributed by atoms with Crippen LogP contribution in [0.1, 0.15) is 30.1 Å². The number of hydrogen-bond donors (Lipinski definition) is 0. The molecule has 0 N–H and O–H groups in total. The van der Waals surface area contributed by atoms with Crippen molar-refractivity contribution in [1.29, 1.82) is 0 Å². The monoisotopic (exact) mass is 302 g/mol. The molecule has 1 heterocycles. The Morgan fingerprint density at radius 2 is 1.00 bits per heavy atom. The van der Waals surface area contributed by atoms with Crippen LogP contribution in [0.3, 0.4) is 0 Å². The average Bonchev–Trinajstić information content (AvgIpc) is 2.71. The molecule has 2 nitrogen and oxygen atoms in total. The molecule has 3 rings (SSSR count). The highest BCUT2D eigenvalue weighted by Crippen LogP contribution is 2.46. The van der Waals surface area contributed by atoms with E-state index in [1.807, 2.05) is 0 Å². The zero-order valence-electron chi connectivity index (χ0n) is 12.8. The molecule has 0 bridgehead atoms. The highest BCUT2D eigenvalue weighted by Gasteiger charge is 2.42. The third-order valence-electron chi connectivity index (χ3n) is 4.58. The SMILES string of the molecule is CC1C(c2ccccc2)N(C)N(C)C1c1ccccc1.Cl. The lowest BCUT2D eigenvalue weighted by Crippen LogP contribution is -2.32. The van der Waals surface area contributed by atoms with Gasteiger partial charge in [-0.2, -0.15) is 0 Å². The Kier molecular flexibility index (Phi) is 5.04. The molecular formula is C18H23ClN2. The van der Waals surface area contributed by atoms with E-state index in [9.17, 15) is 0 Å². The van der Waals surface area contributed by atoms with Crippen molar-refractivity contribution in [2.24, 2.45) is 5.92 Å². The Morgan fingerprint density at radius 1 is 0.667 bits per heavy atom. The van der Waals surface area contributed by atoms with Crippen molar-refractivity contribution in [3.63, 3.8) is 0 Å². The van der Waals surface area contributed by atoms with Crippen molar-refractivity contribution >= 4 is 12.4 Å². The molecule has 1 saturated heterocycles. The number of hydrazine groups is 1. The van der Waals surface area contributed by atoms with Crippen LogP contribution in [0.2, 0.25) is 0 Å². The minimum atomic E-state index is 0. The van der Waals surface area contributed by atoms with Gasteiger partial charge in [0.25, 0.3) is 0 Å². The van der Waals surface area contributed by atoms with Gasteiger partial charge in [0, 0.05) is 14.1 Å². The van der Waals surface area contributed by atoms with Crippen LogP contribution in [0.5, 0.6) is 0 Å². The van der Waals surface area contributed by atoms with Gasteiger partial charge < -0.3 is 0 Å². The first-order valence-electron chi connectivity index (χ1n) is 7.25. The van der Waals surface area contributed by atoms with Crippen LogP contribution in [0, 0.1) is 5.92 Å². The van der Waals surface area contributed by atoms with E-state index in [0.717, 1.165) is 0 Å². The summed E-state index contributed by atoms with van der Waals surface area (Å²) in [5.41, 5.74) is 2.79. The summed E-state index contributed by atoms with van der Waals surface area (Å²) in [6, 6.07) is 22.5. The fraction of sp³-hybridized carbons (Fsp3) is 0.333. The first kappa shape index (κ1) is 16.0. The van der Waals surface area contributed by atoms with Crippen molar-refractivity contribution in [1.82, 2.24) is 10.0 Å². The molecule has 3 heteroatoms. The highest BCUT2D eigenvalue weighted by molar-refractivity contribution is 5.85. The maximum absolute atomic E-state index is 2.37. The topological polar surface area (TPSA) is 6.48 Å². The minimum absolute atomic E-state index is 0. The van der Waals surface area contributed by atoms with Crippen LogP contribution in [-0.4, -0.2) is 24.1 Å². The lowest BCUT2D eigenvalue weighted by molar-refractivity contribution is 0.0252. The number of benzene rings is 2. The Hall–Kier alpha value is -1.35. The standard InChI is InChI=1S/C18H22N2.ClH/c1-14-17(15-10-6-4-7-11-15)19(2)20(3)18(14)16-12-8-5-9-13-16;/h4-14,17-18H,1-3H3;1H. The van der Waals surface area contributed by atoms with Crippen LogP contribution in [-0.2, 0) is 0 Å². The van der Waals surface area contributed by atoms with Gasteiger partial charge in [-0.3, -0.25) is 0 Å². The fourth-order valence-electron chi connectivity index (χ4n) is 3.58. The van der Waals surface area contributed by atoms with Gasteiger partial charge in [0.05, 0.1) is 12.1 Å². The summed E-state index contributed by atoms with van der Waals surface area (Å²) >= 11 is 0. The third-order valence-corrected chi connectivity index (χ3v) is 4.58. The normalized spacial score (nSPS) is 26.5. The van der Waals surface area contributed by atoms with Crippen molar-refractivity contribution in [3.8, 4) is 0 Å². The molecule has 1 aliphatic rings. The van der Waals surface area contributed by atoms with Crippen molar-refractivity contribution in [2.75, 3.05) is 14.1 Å². The molecule has 0 amide bonds. The number of nitrogens with zero attached hydrogens (tertiary/aromatic N) is 2. The molecule has 112 valence electrons. The van der Waals surface area contributed by atoms with Gasteiger partial charge in [0.2, 0.25) is 0 Å². The maximum Gasteiger partial charge on any atom is 0.0536 e. The Labute approximate surface area is 133 Å². The van der Waals surface area contributed by atoms with E-state index in [1.54, 1.807) is 0 Å². The molecule has 0 spiro atoms. The van der Waals surface area contributed by atoms with Crippen LogP contribution < -0.4 is 0 Å². The van der Waals surface area contributed by atoms with E-state index in [-0.39, 0.29) is 12.4 Å². The van der Waals surface area contributed by atoms with Crippen LogP contribution in [0.4, 0.5) is 0 Å². The summed E-state index contributed by atoms with van der Waals surface area (Å²) in [5, 5.41) is 4.75. The molecule has 21 heavy (non-hydrogen) atoms. The summed E-state index contributed by atoms with van der Waals surface area (Å²) in [6.45, 7) is 2.36. The van der Waals surface area contributed by atoms with Crippen LogP contribution in [0.25, 0.3) is 0 Å². The van der Waals surface area contributed by atoms with E-state index in [0.29, 0.717) is 18.0 Å². The first-order valence-corrected chi connectivity index (χ1v) is 7.25. The molecule has 0 radical (unpaired) electrons. The lowest BCUT2D eigenvalue weighted by atomic mass is 9.87. The Balaban J connectivity index is 0.00000161. The van der Waals surface area contributed by atoms with E-state index >= 15 is 0 Å². The third kappa shape index (κ3) is 2.84. The number of hydrogen-bond acceptors (Lipinski definition) is 2. The minimum Gasteiger partial charge on any atom is -0.237 e. The van der Waals surface area contributed by atoms with E-state index in [4.69, 9.17) is 0 Å². The molecule has 1 fully saturated rings. The van der Waals surface area contributed by atoms with Crippen molar-refractivity contribution in [3.05, 3.63) is 71.8 Å². The maximum atomic E-state index is 2.37. The summed E-state index contributed by atoms with van der Waals surface area (Å²) in [5.74, 6) is 0.551. The van der Waals surface area contributed by atoms with Gasteiger partial charge in [0.15, 0.2) is 0 Å². The van der Waals surface area contributed by atoms with Crippen molar-refractivity contribution in [2.45, 2.75) is 19.0 Å². The largest absolute Gasteiger partial charge is 0.237 e. The lowest BCUT2D eigenvalue weighted by Gasteiger charge is -2.27. The van der Waals surface area contributed by atoms with Gasteiger partial charge >= 0.3 is 0 Å². The quantitative estimate of drug-likeness (QED) is 0.815. The highest BCUT2D eigenvalue weighted by atomic mass is 35.5. The van der Waals surface area contributed by atoms with Crippen LogP contribution >= 0.6 is 12.4 Å². The van der Waals surface area contributed by atoms with E-state index in [2.05, 4.69) is 91.7 Å². The van der Waals surface area contributed by atoms with Gasteiger partial charge in [-0.15, -0.1) is 12.4 Å². The second-order valence-corrected chi connectivity index (χ2v) is 5.72. The zero-order valence-corrected chi connectivity index (χ0v) is 13.6. The Bertz CT molecular complexity index is 506. The van der Waals surface area contributed by atoms with Gasteiger partial charge in [-0.25, -0.2) is 10.0 Å². The predicted molar refractivity (Wildman–Crippen MR) is 90.3 cm³/mol. The zero-order chi connectivity index (χ0) is 14.1. The van der Waals surface area contributed by atoms with Gasteiger partial charge in [0.1, 0.15) is 0 Å². The fourth-order valence-corrected chi connectivity index (χ4v) is 3.58. The second-order valence-electron chi connectivity index (χ2n) is 5.72. The smallest absolute Gasteiger partial charge is 0.0536 e. The molecular weight excluding hydrogens is 280 g/mol. The number of halogens is 1. The molecule has 0 saturated carbocycles. The molecule has 1 aliphatic heterocycles. The molecule has 2 aromatic rings. The van der Waals surface area contributed by atoms with Gasteiger partial charge in [-0.1, -0.05) is 67.6 Å². The summed E-state index contributed by atoms with van der Waals surface area (Å²) < 4.78 is 0. The molecule has 2 aromatic carbocycles. The predicted octanol–water partition coefficient (Wildman–Crippen LogP) is 4.32. The van der Waals surface area contributed by atoms with E-state index < -0.39 is 0 Å². The molecule has 2 unspecified atom stereocenters. The number of rotatable bonds is 2. The summed E-state index contributed by atoms with van der Waals surface area (Å²) in [6.07, 6.45) is 0. The summed E-state index contributed by atoms with van der Waals surface area (Å²) in [7, 11) is 4.38. The van der Waals surface area contributed by atoms with Gasteiger partial charge in [-0.05, 0) is 17.0 Å². The first-order chi connectivity index (χ1) is 9.70. The Morgan fingerprint density at radius 3 is 1.33 bits per heavy atom. The van der Waals surface area contributed by atoms with Crippen LogP contribution in [0.15, 0.2) is 60.7 Å². The molecule has 2 atom stereocenters. The summed E-state index contributed by atoms with van der Waals surface area (Å²) in [4.78, 5) is 0. The average molecular weight is 303 g/mol. The molecule has 0 aromatic heterocycles. The second kappa shape index (κ2) is 6.61. The van der Waals surface area contributed by atoms with E-state index in [1.165, 1.54) is 11.1 Å². The van der Waals surface area contributed by atoms with Crippen molar-refractivity contribution < 1.29 is 0 Å².